The molecule has 0 atom stereocenters. The summed E-state index contributed by atoms with van der Waals surface area (Å²) in [7, 11) is -0.620. The number of pyridine rings is 1. The minimum absolute atomic E-state index is 0.0447. The molecule has 4 rings (SSSR count). The van der Waals surface area contributed by atoms with E-state index < -0.39 is 43.9 Å². The Morgan fingerprint density at radius 3 is 2.40 bits per heavy atom. The summed E-state index contributed by atoms with van der Waals surface area (Å²) >= 11 is 0. The number of anilines is 5. The van der Waals surface area contributed by atoms with Crippen LogP contribution in [0.3, 0.4) is 0 Å². The van der Waals surface area contributed by atoms with Gasteiger partial charge in [0.25, 0.3) is 5.91 Å². The van der Waals surface area contributed by atoms with E-state index in [1.54, 1.807) is 12.1 Å². The van der Waals surface area contributed by atoms with E-state index in [-0.39, 0.29) is 23.3 Å². The van der Waals surface area contributed by atoms with E-state index in [0.717, 1.165) is 4.90 Å². The largest absolute Gasteiger partial charge is 0.493 e. The van der Waals surface area contributed by atoms with Gasteiger partial charge in [0.15, 0.2) is 40.3 Å². The number of phosphoric acid groups is 1. The van der Waals surface area contributed by atoms with Crippen molar-refractivity contribution in [3.8, 4) is 23.0 Å². The van der Waals surface area contributed by atoms with E-state index in [0.29, 0.717) is 22.9 Å². The Kier molecular flexibility index (Phi) is 7.58. The number of phosphoric ester groups is 1. The maximum Gasteiger partial charge on any atom is 0.471 e. The molecule has 4 N–H and O–H groups in total. The predicted octanol–water partition coefficient (Wildman–Crippen LogP) is 3.09. The molecule has 1 amide bonds. The third-order valence-electron chi connectivity index (χ3n) is 5.43. The fraction of sp³-hybridized carbons (Fsp3) is 0.304. The van der Waals surface area contributed by atoms with E-state index >= 15 is 0 Å². The van der Waals surface area contributed by atoms with Crippen LogP contribution in [-0.2, 0) is 13.9 Å². The lowest BCUT2D eigenvalue weighted by atomic mass is 10.1. The van der Waals surface area contributed by atoms with Crippen LogP contribution < -0.4 is 34.5 Å². The van der Waals surface area contributed by atoms with Crippen LogP contribution >= 0.6 is 7.82 Å². The maximum atomic E-state index is 14.9. The number of amides is 1. The van der Waals surface area contributed by atoms with Crippen molar-refractivity contribution in [2.24, 2.45) is 0 Å². The van der Waals surface area contributed by atoms with Crippen LogP contribution in [0.2, 0.25) is 0 Å². The summed E-state index contributed by atoms with van der Waals surface area (Å²) in [4.78, 5) is 44.2. The molecule has 0 fully saturated rings. The number of nitrogens with zero attached hydrogens (tertiary/aromatic N) is 4. The average molecular weight is 581 g/mol. The van der Waals surface area contributed by atoms with E-state index in [1.807, 2.05) is 0 Å². The fourth-order valence-electron chi connectivity index (χ4n) is 3.65. The lowest BCUT2D eigenvalue weighted by Crippen LogP contribution is -2.53. The Bertz CT molecular complexity index is 1510. The summed E-state index contributed by atoms with van der Waals surface area (Å²) in [6.07, 6.45) is -0.743. The normalized spacial score (nSPS) is 14.6. The van der Waals surface area contributed by atoms with Gasteiger partial charge in [0, 0.05) is 17.8 Å². The first-order valence-electron chi connectivity index (χ1n) is 11.9. The monoisotopic (exact) mass is 581 g/mol. The van der Waals surface area contributed by atoms with Crippen molar-refractivity contribution in [2.45, 2.75) is 19.4 Å². The number of fused-ring (bicyclic) bond motifs is 1. The fourth-order valence-corrected chi connectivity index (χ4v) is 3.91. The van der Waals surface area contributed by atoms with E-state index in [9.17, 15) is 13.8 Å². The number of rotatable bonds is 10. The number of aromatic nitrogens is 3. The summed E-state index contributed by atoms with van der Waals surface area (Å²) in [6.45, 7) is 2.09. The minimum atomic E-state index is -4.94. The van der Waals surface area contributed by atoms with Gasteiger partial charge in [-0.15, -0.1) is 0 Å². The highest BCUT2D eigenvalue weighted by molar-refractivity contribution is 7.46. The van der Waals surface area contributed by atoms with Crippen molar-refractivity contribution in [2.75, 3.05) is 43.6 Å². The number of ether oxygens (including phenoxy) is 4. The summed E-state index contributed by atoms with van der Waals surface area (Å²) in [5, 5.41) is 5.48. The number of halogens is 1. The van der Waals surface area contributed by atoms with Crippen LogP contribution in [-0.4, -0.2) is 64.3 Å². The second kappa shape index (κ2) is 11.1. The minimum Gasteiger partial charge on any atom is -0.493 e. The molecule has 0 saturated carbocycles. The van der Waals surface area contributed by atoms with E-state index in [2.05, 4.69) is 30.1 Å². The molecule has 15 nitrogen and oxygen atoms in total. The van der Waals surface area contributed by atoms with Crippen LogP contribution in [0.5, 0.6) is 23.0 Å². The van der Waals surface area contributed by atoms with Gasteiger partial charge in [-0.2, -0.15) is 4.98 Å². The third-order valence-corrected chi connectivity index (χ3v) is 5.88. The first-order valence-corrected chi connectivity index (χ1v) is 12.9. The molecular weight excluding hydrogens is 554 g/mol. The van der Waals surface area contributed by atoms with Gasteiger partial charge in [0.1, 0.15) is 12.5 Å². The van der Waals surface area contributed by atoms with Gasteiger partial charge in [-0.3, -0.25) is 14.2 Å². The first kappa shape index (κ1) is 27.3. The van der Waals surface area contributed by atoms with E-state index in [4.69, 9.17) is 30.1 Å². The van der Waals surface area contributed by atoms with Gasteiger partial charge in [-0.1, -0.05) is 0 Å². The van der Waals surface area contributed by atoms with Crippen LogP contribution in [0.4, 0.5) is 33.5 Å². The molecule has 2 aromatic heterocycles. The highest BCUT2D eigenvalue weighted by Crippen LogP contribution is 2.42. The zero-order valence-corrected chi connectivity index (χ0v) is 22.8. The van der Waals surface area contributed by atoms with Gasteiger partial charge in [0.2, 0.25) is 11.7 Å². The molecule has 17 heteroatoms. The molecule has 0 aliphatic carbocycles. The Morgan fingerprint density at radius 2 is 1.80 bits per heavy atom. The van der Waals surface area contributed by atoms with Gasteiger partial charge in [-0.05, 0) is 26.0 Å². The van der Waals surface area contributed by atoms with Gasteiger partial charge in [-0.25, -0.2) is 18.9 Å². The van der Waals surface area contributed by atoms with Crippen molar-refractivity contribution in [3.05, 3.63) is 36.3 Å². The second-order valence-electron chi connectivity index (χ2n) is 8.60. The Morgan fingerprint density at radius 1 is 1.12 bits per heavy atom. The smallest absolute Gasteiger partial charge is 0.471 e. The standard InChI is InChI=1S/C23H26FN6O9P/c1-23(2)21(31)30(11-38-40(32,33)34)20-14(39-23)6-7-17(28-20)27-19-13(24)10-25-22(29-19)26-12-8-15(35-3)18(37-5)16(9-12)36-4/h6-10H,11H2,1-5H3,(H2,32,33,34)(H2,25,26,27,28,29)/i10D. The van der Waals surface area contributed by atoms with E-state index in [1.165, 1.54) is 47.3 Å². The van der Waals surface area contributed by atoms with Crippen LogP contribution in [0.1, 0.15) is 15.2 Å². The molecule has 3 heterocycles. The lowest BCUT2D eigenvalue weighted by Gasteiger charge is -2.37. The molecule has 1 aliphatic heterocycles. The molecule has 3 aromatic rings. The molecule has 40 heavy (non-hydrogen) atoms. The maximum absolute atomic E-state index is 14.9. The lowest BCUT2D eigenvalue weighted by molar-refractivity contribution is -0.133. The molecule has 0 spiro atoms. The number of hydrogen-bond acceptors (Lipinski definition) is 12. The molecule has 0 unspecified atom stereocenters. The van der Waals surface area contributed by atoms with Crippen LogP contribution in [0, 0.1) is 5.82 Å². The predicted molar refractivity (Wildman–Crippen MR) is 139 cm³/mol. The number of hydrogen-bond donors (Lipinski definition) is 4. The Labute approximate surface area is 228 Å². The second-order valence-corrected chi connectivity index (χ2v) is 9.84. The third kappa shape index (κ3) is 6.15. The Balaban J connectivity index is 1.66. The van der Waals surface area contributed by atoms with Gasteiger partial charge in [0.05, 0.1) is 28.9 Å². The van der Waals surface area contributed by atoms with Gasteiger partial charge >= 0.3 is 7.82 Å². The topological polar surface area (TPSA) is 187 Å². The Hall–Kier alpha value is -4.24. The quantitative estimate of drug-likeness (QED) is 0.256. The van der Waals surface area contributed by atoms with Gasteiger partial charge < -0.3 is 39.4 Å². The summed E-state index contributed by atoms with van der Waals surface area (Å²) < 4.78 is 60.3. The number of nitrogens with one attached hydrogen (secondary N) is 2. The van der Waals surface area contributed by atoms with Crippen molar-refractivity contribution >= 4 is 42.8 Å². The summed E-state index contributed by atoms with van der Waals surface area (Å²) in [5.74, 6) is -1.50. The molecule has 0 saturated heterocycles. The highest BCUT2D eigenvalue weighted by Gasteiger charge is 2.42. The van der Waals surface area contributed by atoms with Crippen LogP contribution in [0.15, 0.2) is 30.4 Å². The SMILES string of the molecule is [2H]c1nc(Nc2cc(OC)c(OC)c(OC)c2)nc(Nc2ccc3c(n2)N(COP(=O)(O)O)C(=O)C(C)(C)O3)c1F. The molecule has 1 aliphatic rings. The van der Waals surface area contributed by atoms with Crippen molar-refractivity contribution in [3.63, 3.8) is 0 Å². The molecule has 0 bridgehead atoms. The van der Waals surface area contributed by atoms with Crippen molar-refractivity contribution in [1.29, 1.82) is 0 Å². The highest BCUT2D eigenvalue weighted by atomic mass is 31.2. The summed E-state index contributed by atoms with van der Waals surface area (Å²) in [6, 6.07) is 5.93. The van der Waals surface area contributed by atoms with Crippen molar-refractivity contribution in [1.82, 2.24) is 15.0 Å². The number of methoxy groups -OCH3 is 3. The zero-order valence-electron chi connectivity index (χ0n) is 22.9. The zero-order chi connectivity index (χ0) is 30.1. The number of benzene rings is 1. The van der Waals surface area contributed by atoms with Crippen LogP contribution in [0.25, 0.3) is 0 Å². The molecule has 1 aromatic carbocycles. The molecule has 214 valence electrons. The molecule has 0 radical (unpaired) electrons. The van der Waals surface area contributed by atoms with Crippen molar-refractivity contribution < 1.29 is 48.4 Å². The summed E-state index contributed by atoms with van der Waals surface area (Å²) in [5.41, 5.74) is -1.02. The first-order chi connectivity index (χ1) is 19.3. The number of carbonyl (C=O) groups is 1. The number of carbonyl (C=O) groups excluding carboxylic acids is 1. The average Bonchev–Trinajstić information content (AvgIpc) is 2.90. The molecular formula is C23H26FN6O9P.